The second kappa shape index (κ2) is 5.48. The summed E-state index contributed by atoms with van der Waals surface area (Å²) in [5.41, 5.74) is 0.642. The normalized spacial score (nSPS) is 20.2. The van der Waals surface area contributed by atoms with E-state index in [0.29, 0.717) is 17.3 Å². The zero-order valence-corrected chi connectivity index (χ0v) is 10.6. The molecule has 0 amide bonds. The van der Waals surface area contributed by atoms with Crippen LogP contribution in [0, 0.1) is 5.82 Å². The molecule has 1 unspecified atom stereocenters. The second-order valence-electron chi connectivity index (χ2n) is 4.82. The summed E-state index contributed by atoms with van der Waals surface area (Å²) in [6.07, 6.45) is 4.58. The summed E-state index contributed by atoms with van der Waals surface area (Å²) in [6, 6.07) is 6.35. The van der Waals surface area contributed by atoms with Gasteiger partial charge in [0.15, 0.2) is 0 Å². The van der Waals surface area contributed by atoms with Crippen LogP contribution in [0.4, 0.5) is 4.39 Å². The molecule has 0 spiro atoms. The van der Waals surface area contributed by atoms with Crippen LogP contribution in [0.3, 0.4) is 0 Å². The molecule has 0 radical (unpaired) electrons. The van der Waals surface area contributed by atoms with Crippen LogP contribution >= 0.6 is 0 Å². The molecule has 1 aromatic heterocycles. The minimum atomic E-state index is -0.295. The van der Waals surface area contributed by atoms with Crippen molar-refractivity contribution in [2.45, 2.75) is 31.7 Å². The highest BCUT2D eigenvalue weighted by molar-refractivity contribution is 5.53. The van der Waals surface area contributed by atoms with Crippen LogP contribution in [0.1, 0.15) is 37.6 Å². The second-order valence-corrected chi connectivity index (χ2v) is 4.82. The number of hydrogen-bond acceptors (Lipinski definition) is 4. The SMILES string of the molecule is Fc1cccc(-c2noc(C3CCCCCN3)n2)c1. The molecule has 1 atom stereocenters. The lowest BCUT2D eigenvalue weighted by Crippen LogP contribution is -2.20. The number of halogens is 1. The van der Waals surface area contributed by atoms with Crippen LogP contribution in [-0.4, -0.2) is 16.7 Å². The Morgan fingerprint density at radius 1 is 1.26 bits per heavy atom. The van der Waals surface area contributed by atoms with Gasteiger partial charge in [0.2, 0.25) is 11.7 Å². The highest BCUT2D eigenvalue weighted by atomic mass is 19.1. The van der Waals surface area contributed by atoms with Crippen molar-refractivity contribution in [1.29, 1.82) is 0 Å². The average molecular weight is 261 g/mol. The summed E-state index contributed by atoms with van der Waals surface area (Å²) in [6.45, 7) is 0.975. The van der Waals surface area contributed by atoms with Crippen molar-refractivity contribution in [3.8, 4) is 11.4 Å². The summed E-state index contributed by atoms with van der Waals surface area (Å²) in [5, 5.41) is 7.34. The summed E-state index contributed by atoms with van der Waals surface area (Å²) in [4.78, 5) is 4.38. The minimum Gasteiger partial charge on any atom is -0.337 e. The molecule has 1 saturated heterocycles. The number of aromatic nitrogens is 2. The van der Waals surface area contributed by atoms with Gasteiger partial charge in [0, 0.05) is 5.56 Å². The molecule has 0 bridgehead atoms. The molecule has 1 aromatic carbocycles. The van der Waals surface area contributed by atoms with Gasteiger partial charge in [-0.05, 0) is 31.5 Å². The fourth-order valence-corrected chi connectivity index (χ4v) is 2.36. The van der Waals surface area contributed by atoms with Crippen LogP contribution in [0.25, 0.3) is 11.4 Å². The summed E-state index contributed by atoms with van der Waals surface area (Å²) in [7, 11) is 0. The van der Waals surface area contributed by atoms with Gasteiger partial charge in [-0.2, -0.15) is 4.98 Å². The van der Waals surface area contributed by atoms with Crippen LogP contribution in [0.5, 0.6) is 0 Å². The Morgan fingerprint density at radius 3 is 3.11 bits per heavy atom. The van der Waals surface area contributed by atoms with Gasteiger partial charge >= 0.3 is 0 Å². The molecular weight excluding hydrogens is 245 g/mol. The smallest absolute Gasteiger partial charge is 0.244 e. The maximum absolute atomic E-state index is 13.2. The van der Waals surface area contributed by atoms with E-state index >= 15 is 0 Å². The molecule has 0 aliphatic carbocycles. The van der Waals surface area contributed by atoms with Gasteiger partial charge < -0.3 is 9.84 Å². The molecule has 1 aliphatic heterocycles. The first kappa shape index (κ1) is 12.3. The fourth-order valence-electron chi connectivity index (χ4n) is 2.36. The van der Waals surface area contributed by atoms with Gasteiger partial charge in [-0.15, -0.1) is 0 Å². The predicted molar refractivity (Wildman–Crippen MR) is 68.9 cm³/mol. The Kier molecular flexibility index (Phi) is 3.55. The van der Waals surface area contributed by atoms with E-state index in [-0.39, 0.29) is 11.9 Å². The predicted octanol–water partition coefficient (Wildman–Crippen LogP) is 3.08. The molecule has 1 fully saturated rings. The van der Waals surface area contributed by atoms with E-state index in [0.717, 1.165) is 19.4 Å². The van der Waals surface area contributed by atoms with E-state index in [1.807, 2.05) is 0 Å². The summed E-state index contributed by atoms with van der Waals surface area (Å²) >= 11 is 0. The molecule has 5 heteroatoms. The van der Waals surface area contributed by atoms with Gasteiger partial charge in [-0.3, -0.25) is 0 Å². The maximum Gasteiger partial charge on any atom is 0.244 e. The number of hydrogen-bond donors (Lipinski definition) is 1. The molecule has 0 saturated carbocycles. The van der Waals surface area contributed by atoms with Crippen molar-refractivity contribution < 1.29 is 8.91 Å². The Labute approximate surface area is 111 Å². The van der Waals surface area contributed by atoms with Gasteiger partial charge in [-0.25, -0.2) is 4.39 Å². The largest absolute Gasteiger partial charge is 0.337 e. The van der Waals surface area contributed by atoms with Crippen molar-refractivity contribution in [3.05, 3.63) is 36.0 Å². The molecular formula is C14H16FN3O. The van der Waals surface area contributed by atoms with Crippen molar-refractivity contribution in [1.82, 2.24) is 15.5 Å². The molecule has 1 aliphatic rings. The van der Waals surface area contributed by atoms with E-state index in [2.05, 4.69) is 15.5 Å². The van der Waals surface area contributed by atoms with Crippen molar-refractivity contribution >= 4 is 0 Å². The lowest BCUT2D eigenvalue weighted by Gasteiger charge is -2.09. The van der Waals surface area contributed by atoms with E-state index in [1.54, 1.807) is 12.1 Å². The number of rotatable bonds is 2. The first-order chi connectivity index (χ1) is 9.33. The standard InChI is InChI=1S/C14H16FN3O/c15-11-6-4-5-10(9-11)13-17-14(19-18-13)12-7-2-1-3-8-16-12/h4-6,9,12,16H,1-3,7-8H2. The monoisotopic (exact) mass is 261 g/mol. The Bertz CT molecular complexity index is 547. The van der Waals surface area contributed by atoms with E-state index < -0.39 is 0 Å². The first-order valence-electron chi connectivity index (χ1n) is 6.66. The van der Waals surface area contributed by atoms with Gasteiger partial charge in [-0.1, -0.05) is 30.1 Å². The third-order valence-corrected chi connectivity index (χ3v) is 3.38. The molecule has 4 nitrogen and oxygen atoms in total. The topological polar surface area (TPSA) is 51.0 Å². The number of benzene rings is 1. The Morgan fingerprint density at radius 2 is 2.21 bits per heavy atom. The van der Waals surface area contributed by atoms with Crippen LogP contribution in [0.15, 0.2) is 28.8 Å². The van der Waals surface area contributed by atoms with E-state index in [1.165, 1.54) is 25.0 Å². The number of nitrogens with one attached hydrogen (secondary N) is 1. The minimum absolute atomic E-state index is 0.123. The average Bonchev–Trinajstić information content (AvgIpc) is 2.75. The zero-order valence-electron chi connectivity index (χ0n) is 10.6. The highest BCUT2D eigenvalue weighted by Gasteiger charge is 2.20. The Balaban J connectivity index is 1.82. The highest BCUT2D eigenvalue weighted by Crippen LogP contribution is 2.24. The zero-order chi connectivity index (χ0) is 13.1. The van der Waals surface area contributed by atoms with Crippen molar-refractivity contribution in [2.24, 2.45) is 0 Å². The molecule has 2 heterocycles. The van der Waals surface area contributed by atoms with Crippen LogP contribution in [-0.2, 0) is 0 Å². The fraction of sp³-hybridized carbons (Fsp3) is 0.429. The third-order valence-electron chi connectivity index (χ3n) is 3.38. The molecule has 2 aromatic rings. The van der Waals surface area contributed by atoms with Gasteiger partial charge in [0.25, 0.3) is 0 Å². The van der Waals surface area contributed by atoms with Gasteiger partial charge in [0.1, 0.15) is 5.82 Å². The quantitative estimate of drug-likeness (QED) is 0.902. The lowest BCUT2D eigenvalue weighted by molar-refractivity contribution is 0.327. The maximum atomic E-state index is 13.2. The molecule has 19 heavy (non-hydrogen) atoms. The Hall–Kier alpha value is -1.75. The molecule has 3 rings (SSSR count). The molecule has 100 valence electrons. The first-order valence-corrected chi connectivity index (χ1v) is 6.66. The third kappa shape index (κ3) is 2.81. The van der Waals surface area contributed by atoms with E-state index in [4.69, 9.17) is 4.52 Å². The lowest BCUT2D eigenvalue weighted by atomic mass is 10.1. The molecule has 1 N–H and O–H groups in total. The van der Waals surface area contributed by atoms with Crippen molar-refractivity contribution in [2.75, 3.05) is 6.54 Å². The van der Waals surface area contributed by atoms with Gasteiger partial charge in [0.05, 0.1) is 6.04 Å². The summed E-state index contributed by atoms with van der Waals surface area (Å²) < 4.78 is 18.5. The van der Waals surface area contributed by atoms with E-state index in [9.17, 15) is 4.39 Å². The summed E-state index contributed by atoms with van der Waals surface area (Å²) in [5.74, 6) is 0.748. The van der Waals surface area contributed by atoms with Crippen LogP contribution < -0.4 is 5.32 Å². The van der Waals surface area contributed by atoms with Crippen molar-refractivity contribution in [3.63, 3.8) is 0 Å². The van der Waals surface area contributed by atoms with Crippen LogP contribution in [0.2, 0.25) is 0 Å². The number of nitrogens with zero attached hydrogens (tertiary/aromatic N) is 2.